The monoisotopic (exact) mass is 328 g/mol. The molecule has 0 N–H and O–H groups in total. The van der Waals surface area contributed by atoms with Crippen molar-refractivity contribution in [1.29, 1.82) is 0 Å². The summed E-state index contributed by atoms with van der Waals surface area (Å²) in [4.78, 5) is 12.5. The summed E-state index contributed by atoms with van der Waals surface area (Å²) in [7, 11) is 3.05. The van der Waals surface area contributed by atoms with Crippen molar-refractivity contribution in [3.05, 3.63) is 60.4 Å². The second-order valence-corrected chi connectivity index (χ2v) is 4.80. The molecule has 0 unspecified atom stereocenters. The van der Waals surface area contributed by atoms with E-state index in [1.165, 1.54) is 14.2 Å². The topological polar surface area (TPSA) is 54.0 Å². The Hall–Kier alpha value is -2.95. The zero-order valence-corrected chi connectivity index (χ0v) is 14.0. The standard InChI is InChI=1S/C19H20O5/c1-5-23-16-11-10-14(12-18(16)22-4)19(20)13(2)24-17-9-7-6-8-15(17)21-3/h6-12H,2,5H2,1,3-4H3. The molecule has 2 aromatic carbocycles. The minimum atomic E-state index is -0.345. The molecule has 5 nitrogen and oxygen atoms in total. The van der Waals surface area contributed by atoms with Crippen LogP contribution in [0.1, 0.15) is 17.3 Å². The number of rotatable bonds is 8. The molecule has 0 fully saturated rings. The number of para-hydroxylation sites is 2. The van der Waals surface area contributed by atoms with Crippen molar-refractivity contribution >= 4 is 5.78 Å². The van der Waals surface area contributed by atoms with Crippen molar-refractivity contribution in [3.8, 4) is 23.0 Å². The van der Waals surface area contributed by atoms with E-state index in [0.717, 1.165) is 0 Å². The third-order valence-electron chi connectivity index (χ3n) is 3.28. The van der Waals surface area contributed by atoms with Gasteiger partial charge >= 0.3 is 0 Å². The summed E-state index contributed by atoms with van der Waals surface area (Å²) in [5.74, 6) is 1.65. The molecule has 126 valence electrons. The lowest BCUT2D eigenvalue weighted by Crippen LogP contribution is -2.09. The molecule has 2 rings (SSSR count). The summed E-state index contributed by atoms with van der Waals surface area (Å²) in [6.07, 6.45) is 0. The molecule has 0 radical (unpaired) electrons. The van der Waals surface area contributed by atoms with Crippen LogP contribution in [0.2, 0.25) is 0 Å². The molecule has 0 aliphatic carbocycles. The van der Waals surface area contributed by atoms with Gasteiger partial charge in [-0.2, -0.15) is 0 Å². The third kappa shape index (κ3) is 3.87. The molecule has 0 amide bonds. The van der Waals surface area contributed by atoms with Crippen LogP contribution in [-0.4, -0.2) is 26.6 Å². The van der Waals surface area contributed by atoms with Crippen LogP contribution in [0.15, 0.2) is 54.8 Å². The number of ether oxygens (including phenoxy) is 4. The number of carbonyl (C=O) groups excluding carboxylic acids is 1. The van der Waals surface area contributed by atoms with E-state index in [4.69, 9.17) is 18.9 Å². The Balaban J connectivity index is 2.20. The molecular weight excluding hydrogens is 308 g/mol. The maximum atomic E-state index is 12.5. The van der Waals surface area contributed by atoms with E-state index >= 15 is 0 Å². The minimum absolute atomic E-state index is 0.00860. The third-order valence-corrected chi connectivity index (χ3v) is 3.28. The highest BCUT2D eigenvalue weighted by molar-refractivity contribution is 6.07. The quantitative estimate of drug-likeness (QED) is 0.418. The molecule has 0 spiro atoms. The van der Waals surface area contributed by atoms with Crippen LogP contribution in [0.4, 0.5) is 0 Å². The molecule has 2 aromatic rings. The number of Topliss-reactive ketones (excluding diaryl/α,β-unsaturated/α-hetero) is 1. The van der Waals surface area contributed by atoms with Gasteiger partial charge in [-0.05, 0) is 37.3 Å². The number of methoxy groups -OCH3 is 2. The van der Waals surface area contributed by atoms with Crippen molar-refractivity contribution < 1.29 is 23.7 Å². The van der Waals surface area contributed by atoms with Gasteiger partial charge in [-0.1, -0.05) is 18.7 Å². The number of hydrogen-bond donors (Lipinski definition) is 0. The minimum Gasteiger partial charge on any atom is -0.493 e. The normalized spacial score (nSPS) is 9.96. The zero-order valence-electron chi connectivity index (χ0n) is 14.0. The maximum Gasteiger partial charge on any atom is 0.227 e. The van der Waals surface area contributed by atoms with Crippen LogP contribution in [0.3, 0.4) is 0 Å². The van der Waals surface area contributed by atoms with E-state index in [1.807, 2.05) is 13.0 Å². The molecule has 0 aliphatic rings. The van der Waals surface area contributed by atoms with Crippen molar-refractivity contribution in [1.82, 2.24) is 0 Å². The van der Waals surface area contributed by atoms with Crippen molar-refractivity contribution in [2.75, 3.05) is 20.8 Å². The molecule has 0 heterocycles. The van der Waals surface area contributed by atoms with Crippen LogP contribution in [0.5, 0.6) is 23.0 Å². The highest BCUT2D eigenvalue weighted by atomic mass is 16.5. The van der Waals surface area contributed by atoms with Gasteiger partial charge in [-0.25, -0.2) is 0 Å². The van der Waals surface area contributed by atoms with E-state index in [-0.39, 0.29) is 11.5 Å². The van der Waals surface area contributed by atoms with Crippen LogP contribution >= 0.6 is 0 Å². The summed E-state index contributed by atoms with van der Waals surface area (Å²) < 4.78 is 21.5. The molecule has 0 atom stereocenters. The molecule has 0 aliphatic heterocycles. The average Bonchev–Trinajstić information content (AvgIpc) is 2.62. The first kappa shape index (κ1) is 17.4. The van der Waals surface area contributed by atoms with Gasteiger partial charge in [0.15, 0.2) is 28.8 Å². The SMILES string of the molecule is C=C(Oc1ccccc1OC)C(=O)c1ccc(OCC)c(OC)c1. The Labute approximate surface area is 141 Å². The van der Waals surface area contributed by atoms with Gasteiger partial charge in [-0.15, -0.1) is 0 Å². The Morgan fingerprint density at radius 3 is 2.25 bits per heavy atom. The summed E-state index contributed by atoms with van der Waals surface area (Å²) in [5, 5.41) is 0. The molecule has 5 heteroatoms. The highest BCUT2D eigenvalue weighted by Gasteiger charge is 2.17. The number of allylic oxidation sites excluding steroid dienone is 1. The van der Waals surface area contributed by atoms with Gasteiger partial charge in [0.1, 0.15) is 0 Å². The first-order chi connectivity index (χ1) is 11.6. The first-order valence-corrected chi connectivity index (χ1v) is 7.46. The lowest BCUT2D eigenvalue weighted by atomic mass is 10.1. The van der Waals surface area contributed by atoms with E-state index < -0.39 is 0 Å². The molecule has 0 bridgehead atoms. The van der Waals surface area contributed by atoms with Crippen molar-refractivity contribution in [2.45, 2.75) is 6.92 Å². The largest absolute Gasteiger partial charge is 0.493 e. The molecular formula is C19H20O5. The van der Waals surface area contributed by atoms with E-state index in [0.29, 0.717) is 35.2 Å². The van der Waals surface area contributed by atoms with E-state index in [9.17, 15) is 4.79 Å². The highest BCUT2D eigenvalue weighted by Crippen LogP contribution is 2.31. The van der Waals surface area contributed by atoms with Crippen LogP contribution in [0, 0.1) is 0 Å². The Bertz CT molecular complexity index is 736. The van der Waals surface area contributed by atoms with Crippen molar-refractivity contribution in [2.24, 2.45) is 0 Å². The predicted octanol–water partition coefficient (Wildman–Crippen LogP) is 3.88. The molecule has 0 aromatic heterocycles. The number of carbonyl (C=O) groups is 1. The van der Waals surface area contributed by atoms with Crippen LogP contribution in [-0.2, 0) is 0 Å². The smallest absolute Gasteiger partial charge is 0.227 e. The Morgan fingerprint density at radius 1 is 0.958 bits per heavy atom. The van der Waals surface area contributed by atoms with Gasteiger partial charge < -0.3 is 18.9 Å². The fourth-order valence-corrected chi connectivity index (χ4v) is 2.13. The molecule has 24 heavy (non-hydrogen) atoms. The lowest BCUT2D eigenvalue weighted by molar-refractivity contribution is 0.0985. The number of hydrogen-bond acceptors (Lipinski definition) is 5. The van der Waals surface area contributed by atoms with Crippen LogP contribution in [0.25, 0.3) is 0 Å². The summed E-state index contributed by atoms with van der Waals surface area (Å²) >= 11 is 0. The van der Waals surface area contributed by atoms with Gasteiger partial charge in [-0.3, -0.25) is 4.79 Å². The van der Waals surface area contributed by atoms with Gasteiger partial charge in [0.25, 0.3) is 0 Å². The zero-order chi connectivity index (χ0) is 17.5. The second-order valence-electron chi connectivity index (χ2n) is 4.80. The van der Waals surface area contributed by atoms with Gasteiger partial charge in [0, 0.05) is 5.56 Å². The fourth-order valence-electron chi connectivity index (χ4n) is 2.13. The number of ketones is 1. The van der Waals surface area contributed by atoms with E-state index in [2.05, 4.69) is 6.58 Å². The molecule has 0 saturated heterocycles. The summed E-state index contributed by atoms with van der Waals surface area (Å²) in [6.45, 7) is 6.10. The lowest BCUT2D eigenvalue weighted by Gasteiger charge is -2.13. The van der Waals surface area contributed by atoms with Crippen molar-refractivity contribution in [3.63, 3.8) is 0 Å². The number of benzene rings is 2. The average molecular weight is 328 g/mol. The first-order valence-electron chi connectivity index (χ1n) is 7.46. The summed E-state index contributed by atoms with van der Waals surface area (Å²) in [5.41, 5.74) is 0.398. The fraction of sp³-hybridized carbons (Fsp3) is 0.211. The molecule has 0 saturated carbocycles. The van der Waals surface area contributed by atoms with Gasteiger partial charge in [0.05, 0.1) is 20.8 Å². The second kappa shape index (κ2) is 8.06. The summed E-state index contributed by atoms with van der Waals surface area (Å²) in [6, 6.07) is 12.0. The van der Waals surface area contributed by atoms with Gasteiger partial charge in [0.2, 0.25) is 5.78 Å². The van der Waals surface area contributed by atoms with Crippen LogP contribution < -0.4 is 18.9 Å². The maximum absolute atomic E-state index is 12.5. The Kier molecular flexibility index (Phi) is 5.84. The predicted molar refractivity (Wildman–Crippen MR) is 91.3 cm³/mol. The van der Waals surface area contributed by atoms with E-state index in [1.54, 1.807) is 36.4 Å². The Morgan fingerprint density at radius 2 is 1.62 bits per heavy atom.